The van der Waals surface area contributed by atoms with Gasteiger partial charge in [0.25, 0.3) is 0 Å². The van der Waals surface area contributed by atoms with Crippen LogP contribution in [0.2, 0.25) is 0 Å². The van der Waals surface area contributed by atoms with Crippen molar-refractivity contribution in [2.45, 2.75) is 32.8 Å². The van der Waals surface area contributed by atoms with Crippen molar-refractivity contribution in [3.8, 4) is 0 Å². The van der Waals surface area contributed by atoms with Crippen molar-refractivity contribution in [3.63, 3.8) is 0 Å². The summed E-state index contributed by atoms with van der Waals surface area (Å²) in [5, 5.41) is 13.0. The summed E-state index contributed by atoms with van der Waals surface area (Å²) in [6, 6.07) is 6.14. The van der Waals surface area contributed by atoms with Gasteiger partial charge in [0.2, 0.25) is 5.91 Å². The molecule has 19 heavy (non-hydrogen) atoms. The van der Waals surface area contributed by atoms with Crippen molar-refractivity contribution < 1.29 is 9.90 Å². The minimum atomic E-state index is -0.515. The normalized spacial score (nSPS) is 12.6. The fourth-order valence-electron chi connectivity index (χ4n) is 2.21. The average Bonchev–Trinajstić information content (AvgIpc) is 2.79. The molecule has 1 heterocycles. The summed E-state index contributed by atoms with van der Waals surface area (Å²) < 4.78 is 0. The van der Waals surface area contributed by atoms with E-state index in [1.54, 1.807) is 6.92 Å². The Hall–Kier alpha value is -1.81. The van der Waals surface area contributed by atoms with Crippen LogP contribution in [0, 0.1) is 0 Å². The third-order valence-corrected chi connectivity index (χ3v) is 3.21. The van der Waals surface area contributed by atoms with E-state index in [4.69, 9.17) is 5.11 Å². The number of hydrogen-bond acceptors (Lipinski definition) is 2. The molecule has 0 bridgehead atoms. The molecule has 0 aliphatic rings. The Bertz CT molecular complexity index is 573. The quantitative estimate of drug-likeness (QED) is 0.767. The van der Waals surface area contributed by atoms with Crippen LogP contribution in [0.3, 0.4) is 0 Å². The molecule has 102 valence electrons. The van der Waals surface area contributed by atoms with Gasteiger partial charge in [0.15, 0.2) is 0 Å². The number of H-pyrrole nitrogens is 1. The van der Waals surface area contributed by atoms with Gasteiger partial charge in [-0.3, -0.25) is 4.79 Å². The van der Waals surface area contributed by atoms with Crippen molar-refractivity contribution >= 4 is 16.8 Å². The number of aliphatic hydroxyl groups is 1. The van der Waals surface area contributed by atoms with Crippen molar-refractivity contribution in [2.24, 2.45) is 0 Å². The van der Waals surface area contributed by atoms with Gasteiger partial charge in [-0.25, -0.2) is 0 Å². The predicted molar refractivity (Wildman–Crippen MR) is 76.1 cm³/mol. The number of aryl methyl sites for hydroxylation is 1. The van der Waals surface area contributed by atoms with Crippen LogP contribution in [-0.4, -0.2) is 28.6 Å². The third kappa shape index (κ3) is 3.15. The van der Waals surface area contributed by atoms with E-state index < -0.39 is 6.10 Å². The van der Waals surface area contributed by atoms with Gasteiger partial charge in [-0.1, -0.05) is 25.1 Å². The van der Waals surface area contributed by atoms with Gasteiger partial charge < -0.3 is 15.4 Å². The maximum Gasteiger partial charge on any atom is 0.224 e. The Morgan fingerprint density at radius 1 is 1.42 bits per heavy atom. The SMILES string of the molecule is CCc1cccc2c(CC(=O)NCC(C)O)c[nH]c12. The van der Waals surface area contributed by atoms with E-state index in [0.29, 0.717) is 13.0 Å². The number of fused-ring (bicyclic) bond motifs is 1. The van der Waals surface area contributed by atoms with Crippen LogP contribution >= 0.6 is 0 Å². The molecule has 0 aliphatic carbocycles. The number of benzene rings is 1. The number of nitrogens with one attached hydrogen (secondary N) is 2. The highest BCUT2D eigenvalue weighted by atomic mass is 16.3. The fraction of sp³-hybridized carbons (Fsp3) is 0.400. The molecular formula is C15H20N2O2. The van der Waals surface area contributed by atoms with E-state index in [1.807, 2.05) is 18.3 Å². The third-order valence-electron chi connectivity index (χ3n) is 3.21. The molecule has 0 aliphatic heterocycles. The van der Waals surface area contributed by atoms with Gasteiger partial charge in [0.05, 0.1) is 12.5 Å². The van der Waals surface area contributed by atoms with E-state index in [-0.39, 0.29) is 5.91 Å². The Labute approximate surface area is 112 Å². The number of carbonyl (C=O) groups excluding carboxylic acids is 1. The lowest BCUT2D eigenvalue weighted by Gasteiger charge is -2.06. The smallest absolute Gasteiger partial charge is 0.224 e. The van der Waals surface area contributed by atoms with E-state index >= 15 is 0 Å². The molecule has 3 N–H and O–H groups in total. The number of aliphatic hydroxyl groups excluding tert-OH is 1. The summed E-state index contributed by atoms with van der Waals surface area (Å²) in [6.45, 7) is 4.06. The van der Waals surface area contributed by atoms with Gasteiger partial charge in [-0.2, -0.15) is 0 Å². The summed E-state index contributed by atoms with van der Waals surface area (Å²) in [5.74, 6) is -0.0660. The van der Waals surface area contributed by atoms with Crippen LogP contribution in [0.1, 0.15) is 25.0 Å². The van der Waals surface area contributed by atoms with Gasteiger partial charge in [-0.15, -0.1) is 0 Å². The maximum absolute atomic E-state index is 11.8. The zero-order valence-corrected chi connectivity index (χ0v) is 11.4. The molecule has 1 unspecified atom stereocenters. The molecule has 0 fully saturated rings. The molecule has 4 nitrogen and oxygen atoms in total. The first-order chi connectivity index (χ1) is 9.11. The number of rotatable bonds is 5. The zero-order chi connectivity index (χ0) is 13.8. The van der Waals surface area contributed by atoms with Gasteiger partial charge >= 0.3 is 0 Å². The van der Waals surface area contributed by atoms with Crippen LogP contribution in [-0.2, 0) is 17.6 Å². The molecule has 2 rings (SSSR count). The van der Waals surface area contributed by atoms with Gasteiger partial charge in [-0.05, 0) is 24.5 Å². The zero-order valence-electron chi connectivity index (χ0n) is 11.4. The molecule has 4 heteroatoms. The first-order valence-corrected chi connectivity index (χ1v) is 6.64. The number of hydrogen-bond donors (Lipinski definition) is 3. The standard InChI is InChI=1S/C15H20N2O2/c1-3-11-5-4-6-13-12(9-17-15(11)13)7-14(19)16-8-10(2)18/h4-6,9-10,17-18H,3,7-8H2,1-2H3,(H,16,19). The Balaban J connectivity index is 2.15. The lowest BCUT2D eigenvalue weighted by atomic mass is 10.1. The Morgan fingerprint density at radius 2 is 2.21 bits per heavy atom. The van der Waals surface area contributed by atoms with Crippen molar-refractivity contribution in [1.29, 1.82) is 0 Å². The molecule has 0 saturated carbocycles. The first kappa shape index (κ1) is 13.6. The second kappa shape index (κ2) is 5.89. The van der Waals surface area contributed by atoms with Crippen molar-refractivity contribution in [1.82, 2.24) is 10.3 Å². The van der Waals surface area contributed by atoms with Gasteiger partial charge in [0, 0.05) is 23.6 Å². The molecule has 1 aromatic heterocycles. The Morgan fingerprint density at radius 3 is 2.89 bits per heavy atom. The summed E-state index contributed by atoms with van der Waals surface area (Å²) in [7, 11) is 0. The van der Waals surface area contributed by atoms with E-state index in [0.717, 1.165) is 22.9 Å². The van der Waals surface area contributed by atoms with Crippen LogP contribution in [0.5, 0.6) is 0 Å². The molecule has 1 aromatic carbocycles. The topological polar surface area (TPSA) is 65.1 Å². The lowest BCUT2D eigenvalue weighted by molar-refractivity contribution is -0.120. The number of aromatic amines is 1. The van der Waals surface area contributed by atoms with Crippen LogP contribution in [0.25, 0.3) is 10.9 Å². The monoisotopic (exact) mass is 260 g/mol. The van der Waals surface area contributed by atoms with Crippen LogP contribution in [0.15, 0.2) is 24.4 Å². The molecule has 2 aromatic rings. The van der Waals surface area contributed by atoms with Gasteiger partial charge in [0.1, 0.15) is 0 Å². The minimum Gasteiger partial charge on any atom is -0.392 e. The molecule has 1 amide bonds. The summed E-state index contributed by atoms with van der Waals surface area (Å²) in [5.41, 5.74) is 3.37. The summed E-state index contributed by atoms with van der Waals surface area (Å²) in [6.07, 6.45) is 2.68. The van der Waals surface area contributed by atoms with Crippen LogP contribution < -0.4 is 5.32 Å². The number of carbonyl (C=O) groups is 1. The Kier molecular flexibility index (Phi) is 4.22. The molecule has 0 spiro atoms. The fourth-order valence-corrected chi connectivity index (χ4v) is 2.21. The molecular weight excluding hydrogens is 240 g/mol. The van der Waals surface area contributed by atoms with E-state index in [1.165, 1.54) is 5.56 Å². The molecule has 0 saturated heterocycles. The summed E-state index contributed by atoms with van der Waals surface area (Å²) in [4.78, 5) is 15.0. The second-order valence-electron chi connectivity index (χ2n) is 4.84. The average molecular weight is 260 g/mol. The molecule has 0 radical (unpaired) electrons. The van der Waals surface area contributed by atoms with E-state index in [9.17, 15) is 4.79 Å². The predicted octanol–water partition coefficient (Wildman–Crippen LogP) is 1.77. The highest BCUT2D eigenvalue weighted by Crippen LogP contribution is 2.22. The van der Waals surface area contributed by atoms with E-state index in [2.05, 4.69) is 23.3 Å². The largest absolute Gasteiger partial charge is 0.392 e. The number of para-hydroxylation sites is 1. The highest BCUT2D eigenvalue weighted by molar-refractivity contribution is 5.90. The highest BCUT2D eigenvalue weighted by Gasteiger charge is 2.10. The lowest BCUT2D eigenvalue weighted by Crippen LogP contribution is -2.31. The van der Waals surface area contributed by atoms with Crippen molar-refractivity contribution in [2.75, 3.05) is 6.54 Å². The summed E-state index contributed by atoms with van der Waals surface area (Å²) >= 11 is 0. The second-order valence-corrected chi connectivity index (χ2v) is 4.84. The first-order valence-electron chi connectivity index (χ1n) is 6.64. The maximum atomic E-state index is 11.8. The van der Waals surface area contributed by atoms with Crippen molar-refractivity contribution in [3.05, 3.63) is 35.5 Å². The van der Waals surface area contributed by atoms with Crippen LogP contribution in [0.4, 0.5) is 0 Å². The number of aromatic nitrogens is 1. The molecule has 1 atom stereocenters. The number of amides is 1. The minimum absolute atomic E-state index is 0.0660.